The van der Waals surface area contributed by atoms with Gasteiger partial charge in [-0.25, -0.2) is 8.42 Å². The number of halogens is 1. The topological polar surface area (TPSA) is 84.1 Å². The predicted molar refractivity (Wildman–Crippen MR) is 79.6 cm³/mol. The number of H-pyrrole nitrogens is 1. The van der Waals surface area contributed by atoms with Crippen molar-refractivity contribution in [3.63, 3.8) is 0 Å². The van der Waals surface area contributed by atoms with Crippen LogP contribution in [0, 0.1) is 13.8 Å². The molecule has 2 rings (SSSR count). The summed E-state index contributed by atoms with van der Waals surface area (Å²) < 4.78 is 33.1. The second kappa shape index (κ2) is 5.45. The second-order valence-corrected chi connectivity index (χ2v) is 6.79. The summed E-state index contributed by atoms with van der Waals surface area (Å²) in [7, 11) is -2.35. The number of aryl methyl sites for hydroxylation is 1. The van der Waals surface area contributed by atoms with Gasteiger partial charge in [-0.3, -0.25) is 9.82 Å². The number of aromatic nitrogens is 2. The normalized spacial score (nSPS) is 11.4. The molecule has 0 saturated carbocycles. The Balaban J connectivity index is 2.45. The molecule has 1 aromatic heterocycles. The quantitative estimate of drug-likeness (QED) is 0.878. The lowest BCUT2D eigenvalue weighted by Gasteiger charge is -2.11. The van der Waals surface area contributed by atoms with Gasteiger partial charge in [-0.15, -0.1) is 0 Å². The summed E-state index contributed by atoms with van der Waals surface area (Å²) in [5.41, 5.74) is 1.56. The highest BCUT2D eigenvalue weighted by Crippen LogP contribution is 2.29. The number of anilines is 1. The Labute approximate surface area is 125 Å². The van der Waals surface area contributed by atoms with E-state index in [0.717, 1.165) is 11.3 Å². The van der Waals surface area contributed by atoms with Crippen LogP contribution in [0.25, 0.3) is 0 Å². The summed E-state index contributed by atoms with van der Waals surface area (Å²) in [6.45, 7) is 3.61. The fourth-order valence-corrected chi connectivity index (χ4v) is 3.40. The molecule has 6 nitrogen and oxygen atoms in total. The Morgan fingerprint density at radius 3 is 2.60 bits per heavy atom. The molecule has 0 atom stereocenters. The molecule has 0 saturated heterocycles. The second-order valence-electron chi connectivity index (χ2n) is 4.22. The van der Waals surface area contributed by atoms with Gasteiger partial charge in [0.05, 0.1) is 7.11 Å². The first kappa shape index (κ1) is 14.9. The van der Waals surface area contributed by atoms with Crippen molar-refractivity contribution in [2.24, 2.45) is 0 Å². The molecule has 0 radical (unpaired) electrons. The van der Waals surface area contributed by atoms with Crippen LogP contribution in [0.2, 0.25) is 0 Å². The zero-order chi connectivity index (χ0) is 14.9. The van der Waals surface area contributed by atoms with Crippen molar-refractivity contribution in [1.29, 1.82) is 0 Å². The van der Waals surface area contributed by atoms with Crippen LogP contribution >= 0.6 is 15.9 Å². The van der Waals surface area contributed by atoms with E-state index in [9.17, 15) is 8.42 Å². The number of aromatic amines is 1. The Morgan fingerprint density at radius 1 is 1.35 bits per heavy atom. The van der Waals surface area contributed by atoms with Crippen LogP contribution in [0.5, 0.6) is 5.75 Å². The zero-order valence-corrected chi connectivity index (χ0v) is 13.6. The monoisotopic (exact) mass is 359 g/mol. The number of ether oxygens (including phenoxy) is 1. The summed E-state index contributed by atoms with van der Waals surface area (Å²) in [4.78, 5) is 0.0504. The van der Waals surface area contributed by atoms with E-state index in [1.807, 2.05) is 6.92 Å². The molecule has 0 spiro atoms. The molecule has 0 amide bonds. The van der Waals surface area contributed by atoms with Crippen LogP contribution in [-0.2, 0) is 10.0 Å². The molecule has 2 N–H and O–H groups in total. The molecule has 0 aliphatic heterocycles. The van der Waals surface area contributed by atoms with Crippen molar-refractivity contribution >= 4 is 31.8 Å². The standard InChI is InChI=1S/C12H14BrN3O3S/c1-7-8(2)14-15-12(7)16-20(17,18)11-6-9(13)4-5-10(11)19-3/h4-6H,1-3H3,(H2,14,15,16). The van der Waals surface area contributed by atoms with Crippen LogP contribution in [-0.4, -0.2) is 25.7 Å². The van der Waals surface area contributed by atoms with E-state index >= 15 is 0 Å². The molecule has 2 aromatic rings. The number of rotatable bonds is 4. The van der Waals surface area contributed by atoms with Gasteiger partial charge in [0.1, 0.15) is 10.6 Å². The summed E-state index contributed by atoms with van der Waals surface area (Å²) in [5.74, 6) is 0.551. The van der Waals surface area contributed by atoms with E-state index in [2.05, 4.69) is 30.8 Å². The summed E-state index contributed by atoms with van der Waals surface area (Å²) in [6, 6.07) is 4.78. The lowest BCUT2D eigenvalue weighted by molar-refractivity contribution is 0.403. The zero-order valence-electron chi connectivity index (χ0n) is 11.2. The smallest absolute Gasteiger partial charge is 0.266 e. The fourth-order valence-electron chi connectivity index (χ4n) is 1.63. The van der Waals surface area contributed by atoms with Crippen LogP contribution in [0.15, 0.2) is 27.6 Å². The lowest BCUT2D eigenvalue weighted by atomic mass is 10.3. The van der Waals surface area contributed by atoms with Crippen molar-refractivity contribution in [2.75, 3.05) is 11.8 Å². The minimum atomic E-state index is -3.78. The van der Waals surface area contributed by atoms with Crippen molar-refractivity contribution in [3.05, 3.63) is 33.9 Å². The van der Waals surface area contributed by atoms with Crippen LogP contribution < -0.4 is 9.46 Å². The number of nitrogens with one attached hydrogen (secondary N) is 2. The minimum absolute atomic E-state index is 0.0504. The minimum Gasteiger partial charge on any atom is -0.495 e. The van der Waals surface area contributed by atoms with Crippen molar-refractivity contribution in [1.82, 2.24) is 10.2 Å². The summed E-state index contributed by atoms with van der Waals surface area (Å²) in [5, 5.41) is 6.67. The molecule has 108 valence electrons. The summed E-state index contributed by atoms with van der Waals surface area (Å²) >= 11 is 3.25. The number of hydrogen-bond donors (Lipinski definition) is 2. The Kier molecular flexibility index (Phi) is 4.05. The van der Waals surface area contributed by atoms with Gasteiger partial charge < -0.3 is 4.74 Å². The SMILES string of the molecule is COc1ccc(Br)cc1S(=O)(=O)Nc1n[nH]c(C)c1C. The summed E-state index contributed by atoms with van der Waals surface area (Å²) in [6.07, 6.45) is 0. The van der Waals surface area contributed by atoms with Crippen LogP contribution in [0.1, 0.15) is 11.3 Å². The van der Waals surface area contributed by atoms with Gasteiger partial charge in [-0.1, -0.05) is 15.9 Å². The predicted octanol–water partition coefficient (Wildman–Crippen LogP) is 2.60. The maximum Gasteiger partial charge on any atom is 0.266 e. The van der Waals surface area contributed by atoms with E-state index in [1.54, 1.807) is 19.1 Å². The van der Waals surface area contributed by atoms with E-state index in [1.165, 1.54) is 13.2 Å². The van der Waals surface area contributed by atoms with E-state index < -0.39 is 10.0 Å². The highest BCUT2D eigenvalue weighted by atomic mass is 79.9. The first-order chi connectivity index (χ1) is 9.35. The maximum atomic E-state index is 12.4. The van der Waals surface area contributed by atoms with Crippen molar-refractivity contribution in [2.45, 2.75) is 18.7 Å². The largest absolute Gasteiger partial charge is 0.495 e. The molecular formula is C12H14BrN3O3S. The number of benzene rings is 1. The van der Waals surface area contributed by atoms with E-state index in [-0.39, 0.29) is 16.5 Å². The molecule has 8 heteroatoms. The van der Waals surface area contributed by atoms with Gasteiger partial charge in [0, 0.05) is 15.7 Å². The molecule has 0 fully saturated rings. The van der Waals surface area contributed by atoms with Gasteiger partial charge in [-0.05, 0) is 32.0 Å². The Morgan fingerprint density at radius 2 is 2.05 bits per heavy atom. The average molecular weight is 360 g/mol. The van der Waals surface area contributed by atoms with E-state index in [0.29, 0.717) is 4.47 Å². The highest BCUT2D eigenvalue weighted by molar-refractivity contribution is 9.10. The van der Waals surface area contributed by atoms with Gasteiger partial charge in [0.15, 0.2) is 5.82 Å². The molecule has 0 unspecified atom stereocenters. The average Bonchev–Trinajstić information content (AvgIpc) is 2.70. The number of nitrogens with zero attached hydrogens (tertiary/aromatic N) is 1. The molecule has 0 aliphatic carbocycles. The lowest BCUT2D eigenvalue weighted by Crippen LogP contribution is -2.15. The molecule has 0 aliphatic rings. The van der Waals surface area contributed by atoms with Gasteiger partial charge in [0.2, 0.25) is 0 Å². The first-order valence-corrected chi connectivity index (χ1v) is 8.00. The maximum absolute atomic E-state index is 12.4. The Bertz CT molecular complexity index is 740. The third-order valence-electron chi connectivity index (χ3n) is 2.90. The van der Waals surface area contributed by atoms with Crippen molar-refractivity contribution in [3.8, 4) is 5.75 Å². The van der Waals surface area contributed by atoms with Crippen LogP contribution in [0.4, 0.5) is 5.82 Å². The van der Waals surface area contributed by atoms with Gasteiger partial charge in [0.25, 0.3) is 10.0 Å². The number of hydrogen-bond acceptors (Lipinski definition) is 4. The van der Waals surface area contributed by atoms with Gasteiger partial charge in [-0.2, -0.15) is 5.10 Å². The molecule has 1 heterocycles. The first-order valence-electron chi connectivity index (χ1n) is 5.73. The molecule has 20 heavy (non-hydrogen) atoms. The molecule has 0 bridgehead atoms. The molecule has 1 aromatic carbocycles. The number of sulfonamides is 1. The molecular weight excluding hydrogens is 346 g/mol. The van der Waals surface area contributed by atoms with E-state index in [4.69, 9.17) is 4.74 Å². The van der Waals surface area contributed by atoms with Crippen molar-refractivity contribution < 1.29 is 13.2 Å². The van der Waals surface area contributed by atoms with Crippen LogP contribution in [0.3, 0.4) is 0 Å². The Hall–Kier alpha value is -1.54. The highest BCUT2D eigenvalue weighted by Gasteiger charge is 2.22. The third kappa shape index (κ3) is 2.80. The third-order valence-corrected chi connectivity index (χ3v) is 4.75. The number of methoxy groups -OCH3 is 1. The van der Waals surface area contributed by atoms with Gasteiger partial charge >= 0.3 is 0 Å². The fraction of sp³-hybridized carbons (Fsp3) is 0.250.